The molecule has 2 fully saturated rings. The zero-order valence-corrected chi connectivity index (χ0v) is 9.83. The molecule has 1 N–H and O–H groups in total. The van der Waals surface area contributed by atoms with Gasteiger partial charge in [0.15, 0.2) is 0 Å². The molecule has 1 aliphatic carbocycles. The second-order valence-electron chi connectivity index (χ2n) is 5.21. The number of carbonyl (C=O) groups excluding carboxylic acids is 1. The lowest BCUT2D eigenvalue weighted by atomic mass is 9.71. The molecular weight excluding hydrogens is 188 g/mol. The normalized spacial score (nSPS) is 32.1. The van der Waals surface area contributed by atoms with Crippen LogP contribution in [0.15, 0.2) is 0 Å². The molecule has 2 aliphatic rings. The molecule has 2 atom stereocenters. The molecule has 1 saturated carbocycles. The van der Waals surface area contributed by atoms with E-state index in [-0.39, 0.29) is 11.9 Å². The molecule has 0 bridgehead atoms. The quantitative estimate of drug-likeness (QED) is 0.744. The zero-order valence-electron chi connectivity index (χ0n) is 9.83. The van der Waals surface area contributed by atoms with Gasteiger partial charge in [0.2, 0.25) is 5.91 Å². The van der Waals surface area contributed by atoms with Crippen molar-refractivity contribution in [2.45, 2.75) is 38.1 Å². The molecule has 1 saturated heterocycles. The summed E-state index contributed by atoms with van der Waals surface area (Å²) in [5.74, 6) is 1.97. The van der Waals surface area contributed by atoms with Gasteiger partial charge in [0.05, 0.1) is 6.04 Å². The molecule has 0 radical (unpaired) electrons. The summed E-state index contributed by atoms with van der Waals surface area (Å²) in [5.41, 5.74) is 0. The van der Waals surface area contributed by atoms with Gasteiger partial charge in [-0.05, 0) is 31.2 Å². The highest BCUT2D eigenvalue weighted by molar-refractivity contribution is 5.81. The number of rotatable bonds is 2. The molecule has 2 unspecified atom stereocenters. The van der Waals surface area contributed by atoms with Gasteiger partial charge in [0.1, 0.15) is 0 Å². The van der Waals surface area contributed by atoms with Crippen molar-refractivity contribution in [1.29, 1.82) is 0 Å². The molecule has 0 aromatic carbocycles. The molecule has 2 rings (SSSR count). The Bertz CT molecular complexity index is 236. The standard InChI is InChI=1S/C12H22N2O/c1-14(2)12(15)11-8-10(6-7-13-11)9-4-3-5-9/h9-11,13H,3-8H2,1-2H3. The summed E-state index contributed by atoms with van der Waals surface area (Å²) in [7, 11) is 3.69. The van der Waals surface area contributed by atoms with Crippen LogP contribution in [0.5, 0.6) is 0 Å². The third-order valence-electron chi connectivity index (χ3n) is 4.00. The average molecular weight is 210 g/mol. The minimum atomic E-state index is 0.0827. The maximum absolute atomic E-state index is 11.8. The van der Waals surface area contributed by atoms with Crippen molar-refractivity contribution in [3.05, 3.63) is 0 Å². The van der Waals surface area contributed by atoms with E-state index < -0.39 is 0 Å². The first-order valence-corrected chi connectivity index (χ1v) is 6.13. The molecule has 3 heteroatoms. The smallest absolute Gasteiger partial charge is 0.239 e. The summed E-state index contributed by atoms with van der Waals surface area (Å²) in [4.78, 5) is 13.5. The fourth-order valence-corrected chi connectivity index (χ4v) is 2.79. The van der Waals surface area contributed by atoms with Crippen molar-refractivity contribution in [3.63, 3.8) is 0 Å². The van der Waals surface area contributed by atoms with E-state index in [0.29, 0.717) is 0 Å². The Morgan fingerprint density at radius 2 is 1.93 bits per heavy atom. The van der Waals surface area contributed by atoms with Gasteiger partial charge >= 0.3 is 0 Å². The topological polar surface area (TPSA) is 32.3 Å². The molecule has 86 valence electrons. The van der Waals surface area contributed by atoms with Gasteiger partial charge in [-0.3, -0.25) is 4.79 Å². The summed E-state index contributed by atoms with van der Waals surface area (Å²) >= 11 is 0. The third-order valence-corrected chi connectivity index (χ3v) is 4.00. The summed E-state index contributed by atoms with van der Waals surface area (Å²) in [6.07, 6.45) is 6.52. The summed E-state index contributed by atoms with van der Waals surface area (Å²) in [6, 6.07) is 0.0827. The Morgan fingerprint density at radius 3 is 2.47 bits per heavy atom. The van der Waals surface area contributed by atoms with E-state index in [2.05, 4.69) is 5.32 Å². The minimum Gasteiger partial charge on any atom is -0.347 e. The molecule has 15 heavy (non-hydrogen) atoms. The number of amides is 1. The molecule has 0 aromatic rings. The predicted octanol–water partition coefficient (Wildman–Crippen LogP) is 1.24. The first-order chi connectivity index (χ1) is 7.18. The van der Waals surface area contributed by atoms with Gasteiger partial charge in [0.25, 0.3) is 0 Å². The van der Waals surface area contributed by atoms with Crippen LogP contribution in [0, 0.1) is 11.8 Å². The number of hydrogen-bond donors (Lipinski definition) is 1. The van der Waals surface area contributed by atoms with Gasteiger partial charge in [-0.2, -0.15) is 0 Å². The maximum atomic E-state index is 11.8. The number of nitrogens with zero attached hydrogens (tertiary/aromatic N) is 1. The summed E-state index contributed by atoms with van der Waals surface area (Å²) in [5, 5.41) is 3.34. The number of carbonyl (C=O) groups is 1. The number of nitrogens with one attached hydrogen (secondary N) is 1. The molecule has 1 amide bonds. The summed E-state index contributed by atoms with van der Waals surface area (Å²) in [6.45, 7) is 1.02. The molecule has 0 spiro atoms. The third kappa shape index (κ3) is 2.33. The second-order valence-corrected chi connectivity index (χ2v) is 5.21. The fourth-order valence-electron chi connectivity index (χ4n) is 2.79. The molecular formula is C12H22N2O. The molecule has 0 aromatic heterocycles. The van der Waals surface area contributed by atoms with Crippen LogP contribution in [0.2, 0.25) is 0 Å². The first-order valence-electron chi connectivity index (χ1n) is 6.13. The molecule has 1 heterocycles. The number of piperidine rings is 1. The minimum absolute atomic E-state index is 0.0827. The molecule has 3 nitrogen and oxygen atoms in total. The monoisotopic (exact) mass is 210 g/mol. The Hall–Kier alpha value is -0.570. The van der Waals surface area contributed by atoms with Crippen LogP contribution in [0.25, 0.3) is 0 Å². The van der Waals surface area contributed by atoms with Crippen molar-refractivity contribution < 1.29 is 4.79 Å². The highest BCUT2D eigenvalue weighted by Gasteiger charge is 2.34. The largest absolute Gasteiger partial charge is 0.347 e. The lowest BCUT2D eigenvalue weighted by Gasteiger charge is -2.39. The van der Waals surface area contributed by atoms with Crippen LogP contribution in [-0.4, -0.2) is 37.5 Å². The van der Waals surface area contributed by atoms with E-state index >= 15 is 0 Å². The SMILES string of the molecule is CN(C)C(=O)C1CC(C2CCC2)CCN1. The fraction of sp³-hybridized carbons (Fsp3) is 0.917. The Labute approximate surface area is 92.2 Å². The first kappa shape index (κ1) is 10.9. The molecule has 1 aliphatic heterocycles. The highest BCUT2D eigenvalue weighted by Crippen LogP contribution is 2.38. The van der Waals surface area contributed by atoms with Crippen LogP contribution in [0.4, 0.5) is 0 Å². The van der Waals surface area contributed by atoms with E-state index in [0.717, 1.165) is 24.8 Å². The second kappa shape index (κ2) is 4.52. The highest BCUT2D eigenvalue weighted by atomic mass is 16.2. The van der Waals surface area contributed by atoms with Crippen molar-refractivity contribution >= 4 is 5.91 Å². The van der Waals surface area contributed by atoms with Crippen LogP contribution >= 0.6 is 0 Å². The lowest BCUT2D eigenvalue weighted by Crippen LogP contribution is -2.49. The van der Waals surface area contributed by atoms with Crippen molar-refractivity contribution in [2.75, 3.05) is 20.6 Å². The van der Waals surface area contributed by atoms with Gasteiger partial charge in [-0.1, -0.05) is 19.3 Å². The van der Waals surface area contributed by atoms with E-state index in [9.17, 15) is 4.79 Å². The van der Waals surface area contributed by atoms with Crippen molar-refractivity contribution in [1.82, 2.24) is 10.2 Å². The Morgan fingerprint density at radius 1 is 1.20 bits per heavy atom. The average Bonchev–Trinajstić information content (AvgIpc) is 2.14. The van der Waals surface area contributed by atoms with Crippen molar-refractivity contribution in [2.24, 2.45) is 11.8 Å². The van der Waals surface area contributed by atoms with Gasteiger partial charge < -0.3 is 10.2 Å². The van der Waals surface area contributed by atoms with Gasteiger partial charge in [-0.15, -0.1) is 0 Å². The number of likely N-dealkylation sites (N-methyl/N-ethyl adjacent to an activating group) is 1. The zero-order chi connectivity index (χ0) is 10.8. The Balaban J connectivity index is 1.88. The number of hydrogen-bond acceptors (Lipinski definition) is 2. The van der Waals surface area contributed by atoms with Crippen molar-refractivity contribution in [3.8, 4) is 0 Å². The van der Waals surface area contributed by atoms with Gasteiger partial charge in [-0.25, -0.2) is 0 Å². The van der Waals surface area contributed by atoms with Gasteiger partial charge in [0, 0.05) is 14.1 Å². The lowest BCUT2D eigenvalue weighted by molar-refractivity contribution is -0.132. The Kier molecular flexibility index (Phi) is 3.29. The van der Waals surface area contributed by atoms with Crippen LogP contribution in [0.1, 0.15) is 32.1 Å². The van der Waals surface area contributed by atoms with E-state index in [1.54, 1.807) is 4.90 Å². The van der Waals surface area contributed by atoms with E-state index in [4.69, 9.17) is 0 Å². The summed E-state index contributed by atoms with van der Waals surface area (Å²) < 4.78 is 0. The van der Waals surface area contributed by atoms with E-state index in [1.165, 1.54) is 25.7 Å². The maximum Gasteiger partial charge on any atom is 0.239 e. The van der Waals surface area contributed by atoms with E-state index in [1.807, 2.05) is 14.1 Å². The van der Waals surface area contributed by atoms with Crippen LogP contribution in [0.3, 0.4) is 0 Å². The van der Waals surface area contributed by atoms with Crippen LogP contribution < -0.4 is 5.32 Å². The predicted molar refractivity (Wildman–Crippen MR) is 60.5 cm³/mol. The van der Waals surface area contributed by atoms with Crippen LogP contribution in [-0.2, 0) is 4.79 Å².